The van der Waals surface area contributed by atoms with Crippen molar-refractivity contribution < 1.29 is 23.9 Å². The van der Waals surface area contributed by atoms with Gasteiger partial charge in [0.15, 0.2) is 0 Å². The summed E-state index contributed by atoms with van der Waals surface area (Å²) in [7, 11) is 0. The van der Waals surface area contributed by atoms with Crippen molar-refractivity contribution in [1.82, 2.24) is 0 Å². The molecule has 5 rings (SSSR count). The van der Waals surface area contributed by atoms with Crippen LogP contribution >= 0.6 is 0 Å². The predicted octanol–water partition coefficient (Wildman–Crippen LogP) is 1.91. The lowest BCUT2D eigenvalue weighted by atomic mass is 9.51. The van der Waals surface area contributed by atoms with Crippen LogP contribution in [-0.4, -0.2) is 23.5 Å². The summed E-state index contributed by atoms with van der Waals surface area (Å²) in [6.07, 6.45) is 6.34. The van der Waals surface area contributed by atoms with Crippen LogP contribution in [-0.2, 0) is 23.9 Å². The van der Waals surface area contributed by atoms with Crippen LogP contribution in [0.25, 0.3) is 0 Å². The van der Waals surface area contributed by atoms with E-state index < -0.39 is 28.7 Å². The van der Waals surface area contributed by atoms with Gasteiger partial charge < -0.3 is 4.74 Å². The third kappa shape index (κ3) is 1.39. The summed E-state index contributed by atoms with van der Waals surface area (Å²) in [4.78, 5) is 49.7. The molecule has 24 heavy (non-hydrogen) atoms. The number of ether oxygens (including phenoxy) is 1. The van der Waals surface area contributed by atoms with Crippen molar-refractivity contribution in [3.8, 4) is 0 Å². The maximum atomic E-state index is 13.1. The van der Waals surface area contributed by atoms with E-state index in [1.54, 1.807) is 6.92 Å². The molecule has 2 bridgehead atoms. The molecule has 0 N–H and O–H groups in total. The smallest absolute Gasteiger partial charge is 0.320 e. The third-order valence-corrected chi connectivity index (χ3v) is 7.20. The minimum Gasteiger partial charge on any atom is -0.392 e. The van der Waals surface area contributed by atoms with Crippen molar-refractivity contribution in [2.75, 3.05) is 0 Å². The Bertz CT molecular complexity index is 803. The van der Waals surface area contributed by atoms with Crippen LogP contribution in [0, 0.1) is 28.6 Å². The summed E-state index contributed by atoms with van der Waals surface area (Å²) in [5, 5.41) is 0. The van der Waals surface area contributed by atoms with E-state index in [0.717, 1.165) is 11.1 Å². The van der Waals surface area contributed by atoms with Crippen molar-refractivity contribution >= 4 is 23.5 Å². The average molecular weight is 326 g/mol. The van der Waals surface area contributed by atoms with E-state index >= 15 is 0 Å². The van der Waals surface area contributed by atoms with Gasteiger partial charge in [0.2, 0.25) is 0 Å². The minimum absolute atomic E-state index is 0.0280. The molecular formula is C19H18O5. The van der Waals surface area contributed by atoms with Crippen LogP contribution in [0.4, 0.5) is 0 Å². The quantitative estimate of drug-likeness (QED) is 0.502. The lowest BCUT2D eigenvalue weighted by Crippen LogP contribution is -2.50. The highest BCUT2D eigenvalue weighted by molar-refractivity contribution is 6.04. The van der Waals surface area contributed by atoms with Crippen molar-refractivity contribution in [3.63, 3.8) is 0 Å². The molecule has 1 aliphatic heterocycles. The number of hydrogen-bond donors (Lipinski definition) is 0. The number of allylic oxidation sites excluding steroid dienone is 4. The van der Waals surface area contributed by atoms with Crippen LogP contribution in [0.5, 0.6) is 0 Å². The SMILES string of the molecule is C[C@@]12C(=O)OC(=O)[C@@H]1CC=C1C3=CC[C@@H]4C[C@]3(CC4=O)C(=O)C[C@@H]12. The van der Waals surface area contributed by atoms with Crippen molar-refractivity contribution in [2.24, 2.45) is 28.6 Å². The Morgan fingerprint density at radius 2 is 1.88 bits per heavy atom. The van der Waals surface area contributed by atoms with Gasteiger partial charge in [-0.25, -0.2) is 0 Å². The molecule has 0 aromatic heterocycles. The fourth-order valence-electron chi connectivity index (χ4n) is 5.78. The Kier molecular flexibility index (Phi) is 2.46. The van der Waals surface area contributed by atoms with Gasteiger partial charge in [0.05, 0.1) is 16.7 Å². The number of carbonyl (C=O) groups excluding carboxylic acids is 4. The fraction of sp³-hybridized carbons (Fsp3) is 0.579. The van der Waals surface area contributed by atoms with E-state index in [0.29, 0.717) is 25.7 Å². The molecule has 0 amide bonds. The van der Waals surface area contributed by atoms with Gasteiger partial charge in [-0.05, 0) is 37.3 Å². The monoisotopic (exact) mass is 326 g/mol. The zero-order valence-corrected chi connectivity index (χ0v) is 13.5. The summed E-state index contributed by atoms with van der Waals surface area (Å²) < 4.78 is 4.91. The number of ketones is 2. The predicted molar refractivity (Wildman–Crippen MR) is 81.4 cm³/mol. The lowest BCUT2D eigenvalue weighted by Gasteiger charge is -2.48. The molecular weight excluding hydrogens is 308 g/mol. The molecule has 1 heterocycles. The number of rotatable bonds is 0. The number of carbonyl (C=O) groups is 4. The first kappa shape index (κ1) is 14.3. The van der Waals surface area contributed by atoms with E-state index in [1.165, 1.54) is 0 Å². The molecule has 5 heteroatoms. The second-order valence-electron chi connectivity index (χ2n) is 8.10. The Labute approximate surface area is 139 Å². The largest absolute Gasteiger partial charge is 0.392 e. The van der Waals surface area contributed by atoms with Gasteiger partial charge in [0, 0.05) is 24.7 Å². The highest BCUT2D eigenvalue weighted by Crippen LogP contribution is 2.63. The van der Waals surface area contributed by atoms with Gasteiger partial charge in [-0.15, -0.1) is 0 Å². The number of Topliss-reactive ketones (excluding diaryl/α,β-unsaturated/α-hetero) is 2. The van der Waals surface area contributed by atoms with E-state index in [4.69, 9.17) is 4.74 Å². The summed E-state index contributed by atoms with van der Waals surface area (Å²) in [6.45, 7) is 1.76. The third-order valence-electron chi connectivity index (χ3n) is 7.20. The standard InChI is InChI=1S/C19H18O5/c1-18-12(16(22)24-17(18)23)5-3-10-11-4-2-9-7-19(11,8-14(9)20)15(21)6-13(10)18/h3-4,9,12-13H,2,5-8H2,1H3/t9-,12+,13+,18-,19-/m1/s1. The first-order chi connectivity index (χ1) is 11.4. The molecule has 5 nitrogen and oxygen atoms in total. The Balaban J connectivity index is 1.67. The lowest BCUT2D eigenvalue weighted by molar-refractivity contribution is -0.156. The highest BCUT2D eigenvalue weighted by atomic mass is 16.6. The Hall–Kier alpha value is -2.04. The normalized spacial score (nSPS) is 46.0. The Morgan fingerprint density at radius 1 is 1.08 bits per heavy atom. The van der Waals surface area contributed by atoms with Crippen LogP contribution in [0.3, 0.4) is 0 Å². The van der Waals surface area contributed by atoms with Crippen molar-refractivity contribution in [1.29, 1.82) is 0 Å². The van der Waals surface area contributed by atoms with E-state index in [1.807, 2.05) is 12.2 Å². The zero-order chi connectivity index (χ0) is 16.9. The topological polar surface area (TPSA) is 77.5 Å². The number of cyclic esters (lactones) is 2. The maximum Gasteiger partial charge on any atom is 0.320 e. The van der Waals surface area contributed by atoms with Gasteiger partial charge >= 0.3 is 11.9 Å². The molecule has 124 valence electrons. The molecule has 5 atom stereocenters. The van der Waals surface area contributed by atoms with Crippen LogP contribution in [0.2, 0.25) is 0 Å². The summed E-state index contributed by atoms with van der Waals surface area (Å²) in [6, 6.07) is 0. The number of hydrogen-bond acceptors (Lipinski definition) is 5. The van der Waals surface area contributed by atoms with E-state index in [9.17, 15) is 19.2 Å². The van der Waals surface area contributed by atoms with Crippen LogP contribution in [0.1, 0.15) is 39.0 Å². The molecule has 0 radical (unpaired) electrons. The maximum absolute atomic E-state index is 13.1. The highest BCUT2D eigenvalue weighted by Gasteiger charge is 2.66. The second-order valence-corrected chi connectivity index (χ2v) is 8.10. The summed E-state index contributed by atoms with van der Waals surface area (Å²) >= 11 is 0. The van der Waals surface area contributed by atoms with E-state index in [2.05, 4.69) is 0 Å². The second kappa shape index (κ2) is 4.13. The molecule has 5 aliphatic rings. The summed E-state index contributed by atoms with van der Waals surface area (Å²) in [5.74, 6) is -1.58. The molecule has 0 aromatic rings. The zero-order valence-electron chi connectivity index (χ0n) is 13.5. The molecule has 4 aliphatic carbocycles. The number of fused-ring (bicyclic) bond motifs is 5. The minimum atomic E-state index is -0.960. The van der Waals surface area contributed by atoms with Crippen LogP contribution in [0.15, 0.2) is 23.3 Å². The van der Waals surface area contributed by atoms with E-state index in [-0.39, 0.29) is 29.8 Å². The summed E-state index contributed by atoms with van der Waals surface area (Å²) in [5.41, 5.74) is 0.336. The molecule has 2 saturated carbocycles. The van der Waals surface area contributed by atoms with Crippen molar-refractivity contribution in [2.45, 2.75) is 39.0 Å². The van der Waals surface area contributed by atoms with Crippen molar-refractivity contribution in [3.05, 3.63) is 23.3 Å². The first-order valence-corrected chi connectivity index (χ1v) is 8.61. The average Bonchev–Trinajstić information content (AvgIpc) is 2.93. The van der Waals surface area contributed by atoms with Gasteiger partial charge in [-0.1, -0.05) is 12.2 Å². The molecule has 0 aromatic carbocycles. The molecule has 3 fully saturated rings. The van der Waals surface area contributed by atoms with Crippen LogP contribution < -0.4 is 0 Å². The molecule has 1 saturated heterocycles. The first-order valence-electron chi connectivity index (χ1n) is 8.61. The Morgan fingerprint density at radius 3 is 2.67 bits per heavy atom. The van der Waals surface area contributed by atoms with Gasteiger partial charge in [-0.2, -0.15) is 0 Å². The number of esters is 2. The fourth-order valence-corrected chi connectivity index (χ4v) is 5.78. The van der Waals surface area contributed by atoms with Gasteiger partial charge in [0.1, 0.15) is 11.6 Å². The molecule has 0 unspecified atom stereocenters. The van der Waals surface area contributed by atoms with Gasteiger partial charge in [0.25, 0.3) is 0 Å². The van der Waals surface area contributed by atoms with Gasteiger partial charge in [-0.3, -0.25) is 19.2 Å². The molecule has 1 spiro atoms.